The van der Waals surface area contributed by atoms with E-state index < -0.39 is 6.61 Å². The monoisotopic (exact) mass is 243 g/mol. The molecule has 0 bridgehead atoms. The Balaban J connectivity index is 2.17. The fraction of sp³-hybridized carbons (Fsp3) is 0.364. The largest absolute Gasteiger partial charge is 0.435 e. The van der Waals surface area contributed by atoms with Gasteiger partial charge in [-0.15, -0.1) is 0 Å². The lowest BCUT2D eigenvalue weighted by Crippen LogP contribution is -2.41. The van der Waals surface area contributed by atoms with E-state index in [1.54, 1.807) is 12.1 Å². The summed E-state index contributed by atoms with van der Waals surface area (Å²) in [7, 11) is 0. The highest BCUT2D eigenvalue weighted by Gasteiger charge is 2.20. The Morgan fingerprint density at radius 2 is 2.24 bits per heavy atom. The summed E-state index contributed by atoms with van der Waals surface area (Å²) in [6.45, 7) is -2.01. The normalized spacial score (nSPS) is 16.4. The maximum absolute atomic E-state index is 12.0. The molecule has 2 rings (SSSR count). The maximum atomic E-state index is 12.0. The zero-order chi connectivity index (χ0) is 12.3. The quantitative estimate of drug-likeness (QED) is 0.810. The molecule has 1 aromatic carbocycles. The zero-order valence-corrected chi connectivity index (χ0v) is 8.94. The van der Waals surface area contributed by atoms with E-state index in [1.807, 2.05) is 0 Å². The lowest BCUT2D eigenvalue weighted by Gasteiger charge is -2.27. The van der Waals surface area contributed by atoms with Crippen LogP contribution >= 0.6 is 0 Å². The molecule has 4 nitrogen and oxygen atoms in total. The van der Waals surface area contributed by atoms with Crippen molar-refractivity contribution in [3.05, 3.63) is 24.3 Å². The minimum atomic E-state index is -2.87. The van der Waals surface area contributed by atoms with Gasteiger partial charge in [-0.1, -0.05) is 6.07 Å². The smallest absolute Gasteiger partial charge is 0.387 e. The molecule has 1 fully saturated rings. The SMILES string of the molecule is O=C1COCCN1c1cccc(OC(F)F)c1. The van der Waals surface area contributed by atoms with Crippen molar-refractivity contribution in [3.8, 4) is 5.75 Å². The van der Waals surface area contributed by atoms with Crippen LogP contribution in [0.3, 0.4) is 0 Å². The van der Waals surface area contributed by atoms with Crippen LogP contribution in [0.2, 0.25) is 0 Å². The average Bonchev–Trinajstić information content (AvgIpc) is 2.29. The van der Waals surface area contributed by atoms with E-state index in [1.165, 1.54) is 17.0 Å². The second-order valence-corrected chi connectivity index (χ2v) is 3.47. The van der Waals surface area contributed by atoms with Crippen LogP contribution in [0.1, 0.15) is 0 Å². The third kappa shape index (κ3) is 2.91. The number of carbonyl (C=O) groups excluding carboxylic acids is 1. The Hall–Kier alpha value is -1.69. The van der Waals surface area contributed by atoms with E-state index in [2.05, 4.69) is 4.74 Å². The predicted octanol–water partition coefficient (Wildman–Crippen LogP) is 1.65. The van der Waals surface area contributed by atoms with Crippen molar-refractivity contribution < 1.29 is 23.0 Å². The summed E-state index contributed by atoms with van der Waals surface area (Å²) in [6.07, 6.45) is 0. The van der Waals surface area contributed by atoms with Gasteiger partial charge in [0.25, 0.3) is 5.91 Å². The third-order valence-corrected chi connectivity index (χ3v) is 2.34. The number of nitrogens with zero attached hydrogens (tertiary/aromatic N) is 1. The van der Waals surface area contributed by atoms with Gasteiger partial charge in [0, 0.05) is 18.3 Å². The standard InChI is InChI=1S/C11H11F2NO3/c12-11(13)17-9-3-1-2-8(6-9)14-4-5-16-7-10(14)15/h1-3,6,11H,4-5,7H2. The Labute approximate surface area is 96.7 Å². The van der Waals surface area contributed by atoms with Gasteiger partial charge in [0.1, 0.15) is 12.4 Å². The number of carbonyl (C=O) groups is 1. The summed E-state index contributed by atoms with van der Waals surface area (Å²) < 4.78 is 33.4. The summed E-state index contributed by atoms with van der Waals surface area (Å²) in [5.74, 6) is -0.151. The highest BCUT2D eigenvalue weighted by molar-refractivity contribution is 5.95. The summed E-state index contributed by atoms with van der Waals surface area (Å²) in [6, 6.07) is 6.06. The van der Waals surface area contributed by atoms with Crippen molar-refractivity contribution in [3.63, 3.8) is 0 Å². The summed E-state index contributed by atoms with van der Waals surface area (Å²) in [5.41, 5.74) is 0.538. The van der Waals surface area contributed by atoms with Crippen molar-refractivity contribution in [2.45, 2.75) is 6.61 Å². The molecule has 6 heteroatoms. The lowest BCUT2D eigenvalue weighted by atomic mass is 10.2. The highest BCUT2D eigenvalue weighted by Crippen LogP contribution is 2.23. The summed E-state index contributed by atoms with van der Waals surface area (Å²) >= 11 is 0. The maximum Gasteiger partial charge on any atom is 0.387 e. The van der Waals surface area contributed by atoms with Gasteiger partial charge in [0.15, 0.2) is 0 Å². The molecule has 1 amide bonds. The molecule has 0 saturated carbocycles. The first-order chi connectivity index (χ1) is 8.16. The number of alkyl halides is 2. The van der Waals surface area contributed by atoms with E-state index in [4.69, 9.17) is 4.74 Å². The van der Waals surface area contributed by atoms with Crippen LogP contribution in [-0.2, 0) is 9.53 Å². The molecule has 1 aromatic rings. The van der Waals surface area contributed by atoms with Gasteiger partial charge in [-0.05, 0) is 12.1 Å². The predicted molar refractivity (Wildman–Crippen MR) is 56.2 cm³/mol. The molecule has 0 unspecified atom stereocenters. The van der Waals surface area contributed by atoms with Gasteiger partial charge in [0.05, 0.1) is 6.61 Å². The van der Waals surface area contributed by atoms with Crippen LogP contribution in [0.4, 0.5) is 14.5 Å². The Morgan fingerprint density at radius 3 is 2.94 bits per heavy atom. The number of amides is 1. The molecule has 0 aliphatic carbocycles. The first-order valence-electron chi connectivity index (χ1n) is 5.10. The fourth-order valence-corrected chi connectivity index (χ4v) is 1.62. The highest BCUT2D eigenvalue weighted by atomic mass is 19.3. The van der Waals surface area contributed by atoms with Crippen molar-refractivity contribution in [1.29, 1.82) is 0 Å². The number of halogens is 2. The second-order valence-electron chi connectivity index (χ2n) is 3.47. The molecule has 0 aromatic heterocycles. The topological polar surface area (TPSA) is 38.8 Å². The van der Waals surface area contributed by atoms with Crippen molar-refractivity contribution >= 4 is 11.6 Å². The molecule has 0 N–H and O–H groups in total. The first-order valence-corrected chi connectivity index (χ1v) is 5.10. The molecule has 0 radical (unpaired) electrons. The number of morpholine rings is 1. The number of rotatable bonds is 3. The van der Waals surface area contributed by atoms with Gasteiger partial charge in [-0.25, -0.2) is 0 Å². The average molecular weight is 243 g/mol. The zero-order valence-electron chi connectivity index (χ0n) is 8.94. The van der Waals surface area contributed by atoms with Gasteiger partial charge in [-0.2, -0.15) is 8.78 Å². The Bertz CT molecular complexity index is 411. The van der Waals surface area contributed by atoms with E-state index >= 15 is 0 Å². The van der Waals surface area contributed by atoms with Crippen LogP contribution in [0.25, 0.3) is 0 Å². The van der Waals surface area contributed by atoms with Gasteiger partial charge >= 0.3 is 6.61 Å². The Kier molecular flexibility index (Phi) is 3.53. The van der Waals surface area contributed by atoms with Crippen molar-refractivity contribution in [2.75, 3.05) is 24.7 Å². The Morgan fingerprint density at radius 1 is 1.41 bits per heavy atom. The van der Waals surface area contributed by atoms with Crippen LogP contribution in [0.15, 0.2) is 24.3 Å². The molecule has 92 valence electrons. The van der Waals surface area contributed by atoms with Crippen LogP contribution in [0.5, 0.6) is 5.75 Å². The molecule has 0 atom stereocenters. The molecule has 1 aliphatic rings. The summed E-state index contributed by atoms with van der Waals surface area (Å²) in [4.78, 5) is 13.0. The minimum Gasteiger partial charge on any atom is -0.435 e. The van der Waals surface area contributed by atoms with Gasteiger partial charge in [0.2, 0.25) is 0 Å². The lowest BCUT2D eigenvalue weighted by molar-refractivity contribution is -0.125. The molecule has 17 heavy (non-hydrogen) atoms. The number of ether oxygens (including phenoxy) is 2. The molecule has 1 aliphatic heterocycles. The minimum absolute atomic E-state index is 0.0138. The number of hydrogen-bond donors (Lipinski definition) is 0. The van der Waals surface area contributed by atoms with E-state index in [-0.39, 0.29) is 18.3 Å². The van der Waals surface area contributed by atoms with Crippen molar-refractivity contribution in [1.82, 2.24) is 0 Å². The first kappa shape index (κ1) is 11.8. The van der Waals surface area contributed by atoms with Crippen LogP contribution < -0.4 is 9.64 Å². The van der Waals surface area contributed by atoms with Crippen LogP contribution in [-0.4, -0.2) is 32.3 Å². The van der Waals surface area contributed by atoms with Crippen LogP contribution in [0, 0.1) is 0 Å². The molecule has 1 saturated heterocycles. The second kappa shape index (κ2) is 5.09. The molecule has 1 heterocycles. The number of benzene rings is 1. The summed E-state index contributed by atoms with van der Waals surface area (Å²) in [5, 5.41) is 0. The number of hydrogen-bond acceptors (Lipinski definition) is 3. The van der Waals surface area contributed by atoms with Gasteiger partial charge in [-0.3, -0.25) is 4.79 Å². The molecule has 0 spiro atoms. The third-order valence-electron chi connectivity index (χ3n) is 2.34. The molecular formula is C11H11F2NO3. The van der Waals surface area contributed by atoms with Gasteiger partial charge < -0.3 is 14.4 Å². The molecular weight excluding hydrogens is 232 g/mol. The number of anilines is 1. The van der Waals surface area contributed by atoms with Crippen molar-refractivity contribution in [2.24, 2.45) is 0 Å². The fourth-order valence-electron chi connectivity index (χ4n) is 1.62. The van der Waals surface area contributed by atoms with E-state index in [0.29, 0.717) is 18.8 Å². The van der Waals surface area contributed by atoms with E-state index in [0.717, 1.165) is 0 Å². The van der Waals surface area contributed by atoms with E-state index in [9.17, 15) is 13.6 Å².